The first-order valence-corrected chi connectivity index (χ1v) is 10.6. The maximum Gasteiger partial charge on any atom is 0.354 e. The minimum atomic E-state index is -1.54. The molecule has 160 valence electrons. The van der Waals surface area contributed by atoms with Crippen LogP contribution in [0.1, 0.15) is 49.9 Å². The van der Waals surface area contributed by atoms with Gasteiger partial charge in [0.1, 0.15) is 0 Å². The Morgan fingerprint density at radius 3 is 2.53 bits per heavy atom. The molecule has 2 saturated heterocycles. The Morgan fingerprint density at radius 2 is 1.83 bits per heavy atom. The topological polar surface area (TPSA) is 87.2 Å². The van der Waals surface area contributed by atoms with Crippen molar-refractivity contribution in [3.8, 4) is 0 Å². The summed E-state index contributed by atoms with van der Waals surface area (Å²) in [5, 5.41) is 0. The Labute approximate surface area is 175 Å². The lowest BCUT2D eigenvalue weighted by Gasteiger charge is -2.48. The van der Waals surface area contributed by atoms with Crippen molar-refractivity contribution in [2.75, 3.05) is 31.1 Å². The predicted molar refractivity (Wildman–Crippen MR) is 109 cm³/mol. The fraction of sp³-hybridized carbons (Fsp3) is 0.545. The smallest absolute Gasteiger partial charge is 0.354 e. The summed E-state index contributed by atoms with van der Waals surface area (Å²) in [6.07, 6.45) is 2.17. The Balaban J connectivity index is 1.69. The van der Waals surface area contributed by atoms with Crippen LogP contribution in [-0.4, -0.2) is 65.4 Å². The number of hydrogen-bond acceptors (Lipinski definition) is 5. The summed E-state index contributed by atoms with van der Waals surface area (Å²) < 4.78 is 5.47. The van der Waals surface area contributed by atoms with Gasteiger partial charge in [-0.1, -0.05) is 26.0 Å². The summed E-state index contributed by atoms with van der Waals surface area (Å²) in [4.78, 5) is 56.6. The number of nitrogens with zero attached hydrogens (tertiary/aromatic N) is 3. The summed E-state index contributed by atoms with van der Waals surface area (Å²) >= 11 is 0. The number of benzene rings is 1. The Hall–Kier alpha value is -2.90. The highest BCUT2D eigenvalue weighted by Crippen LogP contribution is 2.45. The van der Waals surface area contributed by atoms with Gasteiger partial charge >= 0.3 is 5.97 Å². The third-order valence-corrected chi connectivity index (χ3v) is 6.03. The normalized spacial score (nSPS) is 23.1. The zero-order valence-corrected chi connectivity index (χ0v) is 17.4. The number of likely N-dealkylation sites (tertiary alicyclic amines) is 1. The molecule has 1 aromatic carbocycles. The second-order valence-electron chi connectivity index (χ2n) is 8.54. The van der Waals surface area contributed by atoms with Crippen molar-refractivity contribution >= 4 is 29.4 Å². The molecule has 1 aromatic rings. The zero-order chi connectivity index (χ0) is 21.5. The molecule has 0 radical (unpaired) electrons. The number of carbonyl (C=O) groups excluding carboxylic acids is 4. The van der Waals surface area contributed by atoms with Crippen LogP contribution in [0.2, 0.25) is 0 Å². The molecular formula is C22H27N3O5. The van der Waals surface area contributed by atoms with E-state index in [2.05, 4.69) is 0 Å². The summed E-state index contributed by atoms with van der Waals surface area (Å²) in [5.74, 6) is -1.41. The molecular weight excluding hydrogens is 386 g/mol. The standard InChI is InChI=1S/C22H27N3O5/c1-15(2)13-24-20(28)16-7-3-4-8-17(16)25-18(26)9-10-22(24,25)21(29)30-14-19(27)23-11-5-6-12-23/h3-4,7-8,15H,5-6,9-14H2,1-2H3/t22-/m0/s1. The van der Waals surface area contributed by atoms with Gasteiger partial charge in [-0.25, -0.2) is 4.79 Å². The molecule has 3 amide bonds. The van der Waals surface area contributed by atoms with E-state index in [-0.39, 0.29) is 43.1 Å². The monoisotopic (exact) mass is 413 g/mol. The molecule has 0 bridgehead atoms. The lowest BCUT2D eigenvalue weighted by Crippen LogP contribution is -2.69. The second-order valence-corrected chi connectivity index (χ2v) is 8.54. The molecule has 4 rings (SSSR count). The number of carbonyl (C=O) groups is 4. The van der Waals surface area contributed by atoms with Crippen molar-refractivity contribution in [1.29, 1.82) is 0 Å². The number of hydrogen-bond donors (Lipinski definition) is 0. The highest BCUT2D eigenvalue weighted by Gasteiger charge is 2.62. The molecule has 1 atom stereocenters. The van der Waals surface area contributed by atoms with Crippen LogP contribution in [-0.2, 0) is 19.1 Å². The van der Waals surface area contributed by atoms with E-state index in [1.807, 2.05) is 13.8 Å². The number of esters is 1. The molecule has 3 aliphatic rings. The van der Waals surface area contributed by atoms with Crippen LogP contribution in [0, 0.1) is 5.92 Å². The highest BCUT2D eigenvalue weighted by atomic mass is 16.5. The number of amides is 3. The van der Waals surface area contributed by atoms with Crippen molar-refractivity contribution in [3.05, 3.63) is 29.8 Å². The van der Waals surface area contributed by atoms with Gasteiger partial charge in [0, 0.05) is 32.5 Å². The van der Waals surface area contributed by atoms with E-state index in [1.165, 1.54) is 9.80 Å². The minimum Gasteiger partial charge on any atom is -0.452 e. The van der Waals surface area contributed by atoms with Crippen LogP contribution in [0.15, 0.2) is 24.3 Å². The molecule has 0 aliphatic carbocycles. The molecule has 0 N–H and O–H groups in total. The second kappa shape index (κ2) is 7.74. The van der Waals surface area contributed by atoms with E-state index in [4.69, 9.17) is 4.74 Å². The van der Waals surface area contributed by atoms with Gasteiger partial charge in [0.05, 0.1) is 11.3 Å². The van der Waals surface area contributed by atoms with Gasteiger partial charge in [-0.3, -0.25) is 19.3 Å². The van der Waals surface area contributed by atoms with Crippen molar-refractivity contribution in [1.82, 2.24) is 9.80 Å². The lowest BCUT2D eigenvalue weighted by atomic mass is 9.95. The number of rotatable bonds is 5. The average molecular weight is 413 g/mol. The molecule has 8 heteroatoms. The van der Waals surface area contributed by atoms with Gasteiger partial charge in [0.2, 0.25) is 11.6 Å². The number of para-hydroxylation sites is 1. The predicted octanol–water partition coefficient (Wildman–Crippen LogP) is 1.79. The van der Waals surface area contributed by atoms with E-state index in [0.717, 1.165) is 12.8 Å². The van der Waals surface area contributed by atoms with Crippen LogP contribution in [0.5, 0.6) is 0 Å². The molecule has 8 nitrogen and oxygen atoms in total. The fourth-order valence-corrected chi connectivity index (χ4v) is 4.67. The summed E-state index contributed by atoms with van der Waals surface area (Å²) in [6.45, 7) is 5.14. The van der Waals surface area contributed by atoms with Crippen LogP contribution < -0.4 is 4.90 Å². The molecule has 0 unspecified atom stereocenters. The quantitative estimate of drug-likeness (QED) is 0.687. The molecule has 0 saturated carbocycles. The lowest BCUT2D eigenvalue weighted by molar-refractivity contribution is -0.162. The minimum absolute atomic E-state index is 0.0765. The van der Waals surface area contributed by atoms with Gasteiger partial charge in [-0.2, -0.15) is 0 Å². The maximum absolute atomic E-state index is 13.4. The highest BCUT2D eigenvalue weighted by molar-refractivity contribution is 6.15. The van der Waals surface area contributed by atoms with Crippen LogP contribution in [0.3, 0.4) is 0 Å². The van der Waals surface area contributed by atoms with Crippen LogP contribution in [0.25, 0.3) is 0 Å². The molecule has 0 spiro atoms. The number of ether oxygens (including phenoxy) is 1. The SMILES string of the molecule is CC(C)CN1C(=O)c2ccccc2N2C(=O)CC[C@]12C(=O)OCC(=O)N1CCCC1. The average Bonchev–Trinajstić information content (AvgIpc) is 3.38. The van der Waals surface area contributed by atoms with E-state index in [0.29, 0.717) is 30.9 Å². The van der Waals surface area contributed by atoms with Gasteiger partial charge in [-0.15, -0.1) is 0 Å². The van der Waals surface area contributed by atoms with Crippen molar-refractivity contribution in [3.63, 3.8) is 0 Å². The van der Waals surface area contributed by atoms with Crippen LogP contribution >= 0.6 is 0 Å². The maximum atomic E-state index is 13.4. The molecule has 0 aromatic heterocycles. The van der Waals surface area contributed by atoms with Gasteiger partial charge in [-0.05, 0) is 30.9 Å². The fourth-order valence-electron chi connectivity index (χ4n) is 4.67. The van der Waals surface area contributed by atoms with Gasteiger partial charge in [0.15, 0.2) is 6.61 Å². The molecule has 3 aliphatic heterocycles. The van der Waals surface area contributed by atoms with Crippen LogP contribution in [0.4, 0.5) is 5.69 Å². The van der Waals surface area contributed by atoms with Gasteiger partial charge < -0.3 is 14.5 Å². The van der Waals surface area contributed by atoms with E-state index in [9.17, 15) is 19.2 Å². The van der Waals surface area contributed by atoms with E-state index < -0.39 is 11.6 Å². The summed E-state index contributed by atoms with van der Waals surface area (Å²) in [5.41, 5.74) is -0.726. The largest absolute Gasteiger partial charge is 0.452 e. The number of fused-ring (bicyclic) bond motifs is 3. The molecule has 3 heterocycles. The van der Waals surface area contributed by atoms with Crippen molar-refractivity contribution < 1.29 is 23.9 Å². The first-order valence-electron chi connectivity index (χ1n) is 10.6. The Bertz CT molecular complexity index is 893. The van der Waals surface area contributed by atoms with Crippen molar-refractivity contribution in [2.24, 2.45) is 5.92 Å². The van der Waals surface area contributed by atoms with E-state index >= 15 is 0 Å². The summed E-state index contributed by atoms with van der Waals surface area (Å²) in [7, 11) is 0. The Kier molecular flexibility index (Phi) is 5.26. The third kappa shape index (κ3) is 3.14. The number of anilines is 1. The first kappa shape index (κ1) is 20.4. The molecule has 30 heavy (non-hydrogen) atoms. The van der Waals surface area contributed by atoms with Crippen molar-refractivity contribution in [2.45, 2.75) is 45.2 Å². The zero-order valence-electron chi connectivity index (χ0n) is 17.4. The van der Waals surface area contributed by atoms with E-state index in [1.54, 1.807) is 29.2 Å². The summed E-state index contributed by atoms with van der Waals surface area (Å²) in [6, 6.07) is 6.83. The third-order valence-electron chi connectivity index (χ3n) is 6.03. The van der Waals surface area contributed by atoms with Gasteiger partial charge in [0.25, 0.3) is 11.8 Å². The first-order chi connectivity index (χ1) is 14.4. The Morgan fingerprint density at radius 1 is 1.13 bits per heavy atom. The molecule has 2 fully saturated rings.